The van der Waals surface area contributed by atoms with Gasteiger partial charge in [-0.2, -0.15) is 0 Å². The molecule has 3 aromatic heterocycles. The van der Waals surface area contributed by atoms with E-state index in [9.17, 15) is 0 Å². The first-order chi connectivity index (χ1) is 37.0. The van der Waals surface area contributed by atoms with Gasteiger partial charge in [-0.3, -0.25) is 9.97 Å². The molecule has 8 unspecified atom stereocenters. The predicted octanol–water partition coefficient (Wildman–Crippen LogP) is 15.6. The van der Waals surface area contributed by atoms with E-state index in [4.69, 9.17) is 0 Å². The zero-order valence-corrected chi connectivity index (χ0v) is 53.0. The predicted molar refractivity (Wildman–Crippen MR) is 336 cm³/mol. The van der Waals surface area contributed by atoms with Crippen LogP contribution in [0.1, 0.15) is 206 Å². The summed E-state index contributed by atoms with van der Waals surface area (Å²) in [7, 11) is 2.28. The lowest BCUT2D eigenvalue weighted by molar-refractivity contribution is 0.123. The van der Waals surface area contributed by atoms with Crippen LogP contribution in [0.15, 0.2) is 55.3 Å². The fraction of sp³-hybridized carbons (Fsp3) is 0.788. The van der Waals surface area contributed by atoms with Crippen molar-refractivity contribution >= 4 is 17.0 Å². The maximum atomic E-state index is 4.02. The number of piperidine rings is 4. The van der Waals surface area contributed by atoms with Crippen LogP contribution < -0.4 is 10.6 Å². The van der Waals surface area contributed by atoms with Gasteiger partial charge in [0.2, 0.25) is 0 Å². The summed E-state index contributed by atoms with van der Waals surface area (Å²) in [5.41, 5.74) is 3.76. The normalized spacial score (nSPS) is 26.2. The van der Waals surface area contributed by atoms with E-state index in [0.717, 1.165) is 59.5 Å². The number of hydrogen-bond donors (Lipinski definition) is 3. The summed E-state index contributed by atoms with van der Waals surface area (Å²) in [6, 6.07) is 7.74. The molecule has 8 atom stereocenters. The van der Waals surface area contributed by atoms with Crippen molar-refractivity contribution in [3.05, 3.63) is 66.4 Å². The molecular formula is C66H127N9. The number of nitrogens with one attached hydrogen (secondary N) is 3. The summed E-state index contributed by atoms with van der Waals surface area (Å²) in [4.78, 5) is 21.3. The molecule has 3 aromatic rings. The van der Waals surface area contributed by atoms with Gasteiger partial charge < -0.3 is 35.2 Å². The largest absolute Gasteiger partial charge is 0.360 e. The number of fused-ring (bicyclic) bond motifs is 6. The minimum Gasteiger partial charge on any atom is -0.360 e. The molecule has 0 aromatic carbocycles. The summed E-state index contributed by atoms with van der Waals surface area (Å²) in [5.74, 6) is 6.35. The van der Waals surface area contributed by atoms with Crippen molar-refractivity contribution in [2.24, 2.45) is 35.5 Å². The number of likely N-dealkylation sites (N-methyl/N-ethyl adjacent to an activating group) is 3. The third-order valence-corrected chi connectivity index (χ3v) is 16.3. The Morgan fingerprint density at radius 3 is 1.68 bits per heavy atom. The van der Waals surface area contributed by atoms with Crippen LogP contribution in [-0.2, 0) is 6.42 Å². The molecule has 6 saturated heterocycles. The molecule has 0 amide bonds. The Bertz CT molecular complexity index is 1640. The van der Waals surface area contributed by atoms with Crippen LogP contribution in [0.2, 0.25) is 0 Å². The lowest BCUT2D eigenvalue weighted by Gasteiger charge is -2.36. The number of likely N-dealkylation sites (tertiary alicyclic amines) is 4. The average Bonchev–Trinajstić information content (AvgIpc) is 4.40. The Labute approximate surface area is 467 Å². The van der Waals surface area contributed by atoms with Gasteiger partial charge in [0.05, 0.1) is 11.7 Å². The van der Waals surface area contributed by atoms with Crippen molar-refractivity contribution in [3.63, 3.8) is 0 Å². The Hall–Kier alpha value is -2.66. The zero-order chi connectivity index (χ0) is 56.2. The van der Waals surface area contributed by atoms with E-state index in [1.54, 1.807) is 6.20 Å². The molecule has 0 bridgehead atoms. The number of pyridine rings is 2. The van der Waals surface area contributed by atoms with Gasteiger partial charge in [-0.15, -0.1) is 0 Å². The average molecular weight is 1050 g/mol. The second-order valence-electron chi connectivity index (χ2n) is 19.8. The molecule has 9 nitrogen and oxygen atoms in total. The first kappa shape index (κ1) is 72.3. The molecule has 0 spiro atoms. The molecule has 6 aliphatic heterocycles. The highest BCUT2D eigenvalue weighted by Gasteiger charge is 2.36. The van der Waals surface area contributed by atoms with Crippen LogP contribution in [0.25, 0.3) is 17.0 Å². The van der Waals surface area contributed by atoms with Gasteiger partial charge >= 0.3 is 0 Å². The van der Waals surface area contributed by atoms with Crippen molar-refractivity contribution in [2.75, 3.05) is 92.1 Å². The summed E-state index contributed by atoms with van der Waals surface area (Å²) in [6.45, 7) is 51.8. The third kappa shape index (κ3) is 26.2. The highest BCUT2D eigenvalue weighted by Crippen LogP contribution is 2.38. The van der Waals surface area contributed by atoms with Gasteiger partial charge in [-0.05, 0) is 195 Å². The number of hydrogen-bond acceptors (Lipinski definition) is 8. The van der Waals surface area contributed by atoms with Crippen LogP contribution in [0.4, 0.5) is 0 Å². The SMILES string of the molecule is C1=Cc2ccncc2C1.C1CC2CCNCC2C1.CC.CC.CC.CC.CC.CC.CC.CCN1CCC2CCCC2C1.CCN1CCC2CCN(C)C2C1.CCN1CCC2CCNC2C1.c1cc2cc[nH]c2cn1. The molecule has 75 heavy (non-hydrogen) atoms. The van der Waals surface area contributed by atoms with E-state index in [-0.39, 0.29) is 0 Å². The number of rotatable bonds is 3. The first-order valence-corrected chi connectivity index (χ1v) is 32.3. The topological polar surface area (TPSA) is 78.6 Å². The number of aromatic amines is 1. The minimum absolute atomic E-state index is 0.823. The Kier molecular flexibility index (Phi) is 45.7. The molecule has 436 valence electrons. The smallest absolute Gasteiger partial charge is 0.0640 e. The summed E-state index contributed by atoms with van der Waals surface area (Å²) in [6.07, 6.45) is 32.3. The maximum Gasteiger partial charge on any atom is 0.0640 e. The summed E-state index contributed by atoms with van der Waals surface area (Å²) < 4.78 is 0. The van der Waals surface area contributed by atoms with E-state index in [1.165, 1.54) is 179 Å². The second-order valence-corrected chi connectivity index (χ2v) is 19.8. The molecular weight excluding hydrogens is 919 g/mol. The van der Waals surface area contributed by atoms with Crippen LogP contribution in [0, 0.1) is 35.5 Å². The van der Waals surface area contributed by atoms with Gasteiger partial charge in [0.15, 0.2) is 0 Å². The van der Waals surface area contributed by atoms with Crippen LogP contribution >= 0.6 is 0 Å². The maximum absolute atomic E-state index is 4.02. The van der Waals surface area contributed by atoms with Crippen molar-refractivity contribution in [1.29, 1.82) is 0 Å². The van der Waals surface area contributed by atoms with Crippen molar-refractivity contribution < 1.29 is 0 Å². The quantitative estimate of drug-likeness (QED) is 0.240. The Balaban J connectivity index is 0.000000838. The highest BCUT2D eigenvalue weighted by molar-refractivity contribution is 5.77. The molecule has 8 fully saturated rings. The van der Waals surface area contributed by atoms with E-state index in [1.807, 2.05) is 140 Å². The standard InChI is InChI=1S/C10H20N2.C10H19N.C9H18N2.C8H15N.C8H7N.C7H6N2.7C2H6/c1-3-12-7-5-9-4-6-11(2)10(9)8-12;1-2-11-7-6-9-4-3-5-10(9)8-11;1-2-11-6-4-8-3-5-10-9(8)7-11;2*1-2-7-4-5-9-6-8(7)3-1;1-3-8-5-7-6(1)2-4-9-7;7*1-2/h9-10H,3-8H2,1-2H3;9-10H,2-8H2,1H3;8-10H,2-7H2,1H3;7-9H,1-6H2;1-2,4-6H,3H2;1-5,9H;7*1-2H3. The third-order valence-electron chi connectivity index (χ3n) is 16.3. The van der Waals surface area contributed by atoms with Crippen molar-refractivity contribution in [2.45, 2.75) is 213 Å². The summed E-state index contributed by atoms with van der Waals surface area (Å²) in [5, 5.41) is 8.25. The molecule has 9 heterocycles. The van der Waals surface area contributed by atoms with Crippen molar-refractivity contribution in [1.82, 2.24) is 45.2 Å². The molecule has 9 aliphatic rings. The molecule has 12 rings (SSSR count). The Morgan fingerprint density at radius 2 is 1.05 bits per heavy atom. The van der Waals surface area contributed by atoms with Gasteiger partial charge in [-0.25, -0.2) is 0 Å². The monoisotopic (exact) mass is 1050 g/mol. The number of nitrogens with zero attached hydrogens (tertiary/aromatic N) is 6. The molecule has 9 heteroatoms. The first-order valence-electron chi connectivity index (χ1n) is 32.3. The summed E-state index contributed by atoms with van der Waals surface area (Å²) >= 11 is 0. The molecule has 3 aliphatic carbocycles. The Morgan fingerprint density at radius 1 is 0.520 bits per heavy atom. The van der Waals surface area contributed by atoms with E-state index < -0.39 is 0 Å². The van der Waals surface area contributed by atoms with Gasteiger partial charge in [0.1, 0.15) is 0 Å². The van der Waals surface area contributed by atoms with E-state index in [2.05, 4.69) is 85.2 Å². The van der Waals surface area contributed by atoms with Crippen LogP contribution in [0.5, 0.6) is 0 Å². The van der Waals surface area contributed by atoms with Crippen molar-refractivity contribution in [3.8, 4) is 0 Å². The highest BCUT2D eigenvalue weighted by atomic mass is 15.2. The lowest BCUT2D eigenvalue weighted by Crippen LogP contribution is -2.46. The van der Waals surface area contributed by atoms with Gasteiger partial charge in [0, 0.05) is 61.9 Å². The fourth-order valence-corrected chi connectivity index (χ4v) is 12.2. The second kappa shape index (κ2) is 47.3. The zero-order valence-electron chi connectivity index (χ0n) is 53.0. The molecule has 0 radical (unpaired) electrons. The van der Waals surface area contributed by atoms with Gasteiger partial charge in [-0.1, -0.05) is 156 Å². The van der Waals surface area contributed by atoms with Gasteiger partial charge in [0.25, 0.3) is 0 Å². The number of aromatic nitrogens is 3. The minimum atomic E-state index is 0.823. The number of H-pyrrole nitrogens is 1. The van der Waals surface area contributed by atoms with E-state index in [0.29, 0.717) is 0 Å². The lowest BCUT2D eigenvalue weighted by atomic mass is 9.89. The fourth-order valence-electron chi connectivity index (χ4n) is 12.2. The van der Waals surface area contributed by atoms with Crippen LogP contribution in [0.3, 0.4) is 0 Å². The molecule has 2 saturated carbocycles. The number of allylic oxidation sites excluding steroid dienone is 1. The van der Waals surface area contributed by atoms with E-state index >= 15 is 0 Å². The molecule has 3 N–H and O–H groups in total. The van der Waals surface area contributed by atoms with Crippen LogP contribution in [-0.4, -0.2) is 139 Å².